The van der Waals surface area contributed by atoms with Gasteiger partial charge >= 0.3 is 5.97 Å². The average Bonchev–Trinajstić information content (AvgIpc) is 2.61. The largest absolute Gasteiger partial charge is 0.480 e. The zero-order valence-corrected chi connectivity index (χ0v) is 10.1. The molecule has 0 aliphatic carbocycles. The van der Waals surface area contributed by atoms with E-state index in [1.165, 1.54) is 0 Å². The van der Waals surface area contributed by atoms with Crippen LogP contribution in [0.4, 0.5) is 0 Å². The maximum atomic E-state index is 11.1. The summed E-state index contributed by atoms with van der Waals surface area (Å²) in [5.74, 6) is -0.878. The first-order valence-electron chi connectivity index (χ1n) is 5.44. The Bertz CT molecular complexity index is 358. The molecule has 0 aliphatic rings. The molecule has 1 heterocycles. The Hall–Kier alpha value is -1.36. The maximum absolute atomic E-state index is 11.1. The summed E-state index contributed by atoms with van der Waals surface area (Å²) < 4.78 is 1.76. The van der Waals surface area contributed by atoms with Crippen LogP contribution >= 0.6 is 0 Å². The lowest BCUT2D eigenvalue weighted by Crippen LogP contribution is -2.33. The fourth-order valence-electron chi connectivity index (χ4n) is 1.43. The van der Waals surface area contributed by atoms with E-state index in [1.807, 2.05) is 27.7 Å². The standard InChI is InChI=1S/C11H19N3O2/c1-7(2)13-10(11(15)16)9-5-12-14(6-9)8(3)4/h5-8,10,13H,1-4H3,(H,15,16). The highest BCUT2D eigenvalue weighted by molar-refractivity contribution is 5.75. The first kappa shape index (κ1) is 12.7. The molecule has 2 N–H and O–H groups in total. The third kappa shape index (κ3) is 3.06. The number of nitrogens with zero attached hydrogens (tertiary/aromatic N) is 2. The lowest BCUT2D eigenvalue weighted by Gasteiger charge is -2.15. The molecule has 0 aromatic carbocycles. The van der Waals surface area contributed by atoms with Crippen LogP contribution in [0.3, 0.4) is 0 Å². The minimum Gasteiger partial charge on any atom is -0.480 e. The lowest BCUT2D eigenvalue weighted by atomic mass is 10.1. The van der Waals surface area contributed by atoms with E-state index in [0.717, 1.165) is 0 Å². The van der Waals surface area contributed by atoms with Gasteiger partial charge in [0.05, 0.1) is 6.20 Å². The summed E-state index contributed by atoms with van der Waals surface area (Å²) in [6, 6.07) is -0.335. The van der Waals surface area contributed by atoms with Gasteiger partial charge in [0.25, 0.3) is 0 Å². The molecule has 5 heteroatoms. The number of carbonyl (C=O) groups is 1. The molecule has 1 rings (SSSR count). The molecule has 0 fully saturated rings. The average molecular weight is 225 g/mol. The van der Waals surface area contributed by atoms with Gasteiger partial charge < -0.3 is 5.11 Å². The van der Waals surface area contributed by atoms with E-state index >= 15 is 0 Å². The van der Waals surface area contributed by atoms with Crippen molar-refractivity contribution in [3.63, 3.8) is 0 Å². The number of aliphatic carboxylic acids is 1. The van der Waals surface area contributed by atoms with Crippen molar-refractivity contribution in [2.45, 2.75) is 45.8 Å². The van der Waals surface area contributed by atoms with Gasteiger partial charge in [-0.15, -0.1) is 0 Å². The van der Waals surface area contributed by atoms with Crippen molar-refractivity contribution in [3.05, 3.63) is 18.0 Å². The first-order valence-corrected chi connectivity index (χ1v) is 5.44. The van der Waals surface area contributed by atoms with Crippen LogP contribution in [0.15, 0.2) is 12.4 Å². The Balaban J connectivity index is 2.88. The minimum atomic E-state index is -0.878. The highest BCUT2D eigenvalue weighted by Gasteiger charge is 2.22. The van der Waals surface area contributed by atoms with E-state index in [1.54, 1.807) is 17.1 Å². The molecule has 0 bridgehead atoms. The van der Waals surface area contributed by atoms with Gasteiger partial charge in [-0.1, -0.05) is 0 Å². The van der Waals surface area contributed by atoms with Gasteiger partial charge in [-0.25, -0.2) is 0 Å². The van der Waals surface area contributed by atoms with E-state index in [4.69, 9.17) is 5.11 Å². The van der Waals surface area contributed by atoms with Gasteiger partial charge in [0.1, 0.15) is 6.04 Å². The van der Waals surface area contributed by atoms with Crippen molar-refractivity contribution in [2.75, 3.05) is 0 Å². The van der Waals surface area contributed by atoms with Crippen LogP contribution in [0.2, 0.25) is 0 Å². The molecule has 0 saturated carbocycles. The number of rotatable bonds is 5. The number of aromatic nitrogens is 2. The van der Waals surface area contributed by atoms with E-state index in [0.29, 0.717) is 5.56 Å². The summed E-state index contributed by atoms with van der Waals surface area (Å²) in [6.45, 7) is 7.84. The molecular weight excluding hydrogens is 206 g/mol. The van der Waals surface area contributed by atoms with Crippen LogP contribution in [0.25, 0.3) is 0 Å². The normalized spacial score (nSPS) is 13.4. The predicted octanol–water partition coefficient (Wildman–Crippen LogP) is 1.59. The number of carboxylic acid groups (broad SMARTS) is 1. The Morgan fingerprint density at radius 3 is 2.44 bits per heavy atom. The Morgan fingerprint density at radius 2 is 2.06 bits per heavy atom. The van der Waals surface area contributed by atoms with Crippen LogP contribution in [-0.2, 0) is 4.79 Å². The van der Waals surface area contributed by atoms with Gasteiger partial charge in [-0.3, -0.25) is 14.8 Å². The first-order chi connectivity index (χ1) is 7.41. The van der Waals surface area contributed by atoms with Crippen LogP contribution in [-0.4, -0.2) is 26.9 Å². The van der Waals surface area contributed by atoms with Gasteiger partial charge in [0.2, 0.25) is 0 Å². The Kier molecular flexibility index (Phi) is 4.06. The lowest BCUT2D eigenvalue weighted by molar-refractivity contribution is -0.139. The quantitative estimate of drug-likeness (QED) is 0.798. The highest BCUT2D eigenvalue weighted by atomic mass is 16.4. The van der Waals surface area contributed by atoms with E-state index in [9.17, 15) is 4.79 Å². The topological polar surface area (TPSA) is 67.2 Å². The summed E-state index contributed by atoms with van der Waals surface area (Å²) in [4.78, 5) is 11.1. The third-order valence-corrected chi connectivity index (χ3v) is 2.23. The fourth-order valence-corrected chi connectivity index (χ4v) is 1.43. The second-order valence-corrected chi connectivity index (χ2v) is 4.44. The molecule has 0 radical (unpaired) electrons. The van der Waals surface area contributed by atoms with E-state index < -0.39 is 12.0 Å². The Morgan fingerprint density at radius 1 is 1.44 bits per heavy atom. The van der Waals surface area contributed by atoms with Gasteiger partial charge in [-0.2, -0.15) is 5.10 Å². The SMILES string of the molecule is CC(C)NC(C(=O)O)c1cnn(C(C)C)c1. The summed E-state index contributed by atoms with van der Waals surface area (Å²) in [6.07, 6.45) is 3.38. The van der Waals surface area contributed by atoms with Crippen LogP contribution in [0.1, 0.15) is 45.3 Å². The van der Waals surface area contributed by atoms with Crippen molar-refractivity contribution < 1.29 is 9.90 Å². The van der Waals surface area contributed by atoms with Gasteiger partial charge in [-0.05, 0) is 27.7 Å². The van der Waals surface area contributed by atoms with Crippen molar-refractivity contribution in [1.29, 1.82) is 0 Å². The van der Waals surface area contributed by atoms with Gasteiger partial charge in [0.15, 0.2) is 0 Å². The van der Waals surface area contributed by atoms with Crippen molar-refractivity contribution >= 4 is 5.97 Å². The fraction of sp³-hybridized carbons (Fsp3) is 0.636. The van der Waals surface area contributed by atoms with Gasteiger partial charge in [0, 0.05) is 23.8 Å². The maximum Gasteiger partial charge on any atom is 0.325 e. The summed E-state index contributed by atoms with van der Waals surface area (Å²) >= 11 is 0. The van der Waals surface area contributed by atoms with Crippen LogP contribution < -0.4 is 5.32 Å². The molecule has 90 valence electrons. The molecule has 5 nitrogen and oxygen atoms in total. The number of nitrogens with one attached hydrogen (secondary N) is 1. The summed E-state index contributed by atoms with van der Waals surface area (Å²) in [5.41, 5.74) is 0.690. The molecule has 0 spiro atoms. The molecule has 1 aromatic rings. The molecule has 1 unspecified atom stereocenters. The van der Waals surface area contributed by atoms with Crippen LogP contribution in [0, 0.1) is 0 Å². The number of carboxylic acids is 1. The third-order valence-electron chi connectivity index (χ3n) is 2.23. The molecule has 1 atom stereocenters. The molecule has 16 heavy (non-hydrogen) atoms. The molecule has 1 aromatic heterocycles. The molecule has 0 aliphatic heterocycles. The molecular formula is C11H19N3O2. The van der Waals surface area contributed by atoms with E-state index in [2.05, 4.69) is 10.4 Å². The highest BCUT2D eigenvalue weighted by Crippen LogP contribution is 2.15. The monoisotopic (exact) mass is 225 g/mol. The van der Waals surface area contributed by atoms with Crippen molar-refractivity contribution in [1.82, 2.24) is 15.1 Å². The Labute approximate surface area is 95.5 Å². The molecule has 0 saturated heterocycles. The predicted molar refractivity (Wildman–Crippen MR) is 61.3 cm³/mol. The second-order valence-electron chi connectivity index (χ2n) is 4.44. The zero-order chi connectivity index (χ0) is 12.3. The second kappa shape index (κ2) is 5.12. The van der Waals surface area contributed by atoms with Crippen molar-refractivity contribution in [2.24, 2.45) is 0 Å². The van der Waals surface area contributed by atoms with Crippen LogP contribution in [0.5, 0.6) is 0 Å². The smallest absolute Gasteiger partial charge is 0.325 e. The zero-order valence-electron chi connectivity index (χ0n) is 10.1. The number of hydrogen-bond acceptors (Lipinski definition) is 3. The number of hydrogen-bond donors (Lipinski definition) is 2. The summed E-state index contributed by atoms with van der Waals surface area (Å²) in [7, 11) is 0. The minimum absolute atomic E-state index is 0.114. The molecule has 0 amide bonds. The van der Waals surface area contributed by atoms with E-state index in [-0.39, 0.29) is 12.1 Å². The van der Waals surface area contributed by atoms with Crippen molar-refractivity contribution in [3.8, 4) is 0 Å². The summed E-state index contributed by atoms with van der Waals surface area (Å²) in [5, 5.41) is 16.3.